The molecule has 1 atom stereocenters. The average Bonchev–Trinajstić information content (AvgIpc) is 2.82. The minimum atomic E-state index is -0.334. The quantitative estimate of drug-likeness (QED) is 0.704. The van der Waals surface area contributed by atoms with Crippen LogP contribution in [0.2, 0.25) is 5.02 Å². The van der Waals surface area contributed by atoms with Gasteiger partial charge in [0.1, 0.15) is 35.5 Å². The first-order valence-electron chi connectivity index (χ1n) is 7.61. The maximum atomic E-state index is 14.5. The van der Waals surface area contributed by atoms with Crippen LogP contribution < -0.4 is 9.33 Å². The lowest BCUT2D eigenvalue weighted by molar-refractivity contribution is 0.411. The Balaban J connectivity index is 2.13. The number of para-hydroxylation sites is 1. The summed E-state index contributed by atoms with van der Waals surface area (Å²) in [6.07, 6.45) is 1.93. The largest absolute Gasteiger partial charge is 0.497 e. The molecule has 1 heterocycles. The molecule has 1 unspecified atom stereocenters. The summed E-state index contributed by atoms with van der Waals surface area (Å²) in [4.78, 5) is 0. The summed E-state index contributed by atoms with van der Waals surface area (Å²) in [5, 5.41) is 5.37. The van der Waals surface area contributed by atoms with E-state index in [9.17, 15) is 4.39 Å². The molecule has 0 aromatic heterocycles. The van der Waals surface area contributed by atoms with Crippen LogP contribution in [0.25, 0.3) is 5.57 Å². The van der Waals surface area contributed by atoms with Gasteiger partial charge in [-0.25, -0.2) is 4.39 Å². The molecule has 0 fully saturated rings. The van der Waals surface area contributed by atoms with Crippen LogP contribution in [0.5, 0.6) is 5.75 Å². The minimum absolute atomic E-state index is 0.165. The van der Waals surface area contributed by atoms with Gasteiger partial charge in [0.2, 0.25) is 0 Å². The van der Waals surface area contributed by atoms with Crippen LogP contribution in [0.3, 0.4) is 0 Å². The number of aryl methyl sites for hydroxylation is 1. The molecular weight excluding hydrogens is 327 g/mol. The van der Waals surface area contributed by atoms with Gasteiger partial charge in [-0.15, -0.1) is 4.59 Å². The molecule has 0 radical (unpaired) electrons. The highest BCUT2D eigenvalue weighted by atomic mass is 35.5. The average molecular weight is 346 g/mol. The third-order valence-corrected chi connectivity index (χ3v) is 4.54. The Hall–Kier alpha value is -2.17. The third-order valence-electron chi connectivity index (χ3n) is 4.24. The molecule has 5 heteroatoms. The molecule has 1 aliphatic heterocycles. The molecule has 124 valence electrons. The van der Waals surface area contributed by atoms with Crippen LogP contribution >= 0.6 is 11.6 Å². The number of halogens is 2. The van der Waals surface area contributed by atoms with Crippen molar-refractivity contribution in [2.45, 2.75) is 13.8 Å². The van der Waals surface area contributed by atoms with Gasteiger partial charge in [-0.3, -0.25) is 0 Å². The maximum absolute atomic E-state index is 14.5. The lowest BCUT2D eigenvalue weighted by Gasteiger charge is -2.22. The molecule has 2 aromatic rings. The fourth-order valence-electron chi connectivity index (χ4n) is 3.16. The van der Waals surface area contributed by atoms with Crippen molar-refractivity contribution in [2.24, 2.45) is 5.10 Å². The van der Waals surface area contributed by atoms with Crippen molar-refractivity contribution in [3.05, 3.63) is 64.6 Å². The zero-order valence-corrected chi connectivity index (χ0v) is 14.9. The number of quaternary nitrogens is 1. The third kappa shape index (κ3) is 2.72. The first kappa shape index (κ1) is 16.7. The molecule has 24 heavy (non-hydrogen) atoms. The van der Waals surface area contributed by atoms with Crippen molar-refractivity contribution in [3.63, 3.8) is 0 Å². The number of methoxy groups -OCH3 is 1. The lowest BCUT2D eigenvalue weighted by Crippen LogP contribution is -2.31. The summed E-state index contributed by atoms with van der Waals surface area (Å²) in [7, 11) is 3.45. The number of hydrogen-bond acceptors (Lipinski definition) is 2. The second kappa shape index (κ2) is 6.04. The number of hydrogen-bond donors (Lipinski definition) is 0. The van der Waals surface area contributed by atoms with E-state index in [-0.39, 0.29) is 10.4 Å². The molecule has 0 amide bonds. The summed E-state index contributed by atoms with van der Waals surface area (Å²) >= 11 is 6.41. The highest BCUT2D eigenvalue weighted by Gasteiger charge is 2.36. The fourth-order valence-corrected chi connectivity index (χ4v) is 3.55. The van der Waals surface area contributed by atoms with Crippen molar-refractivity contribution < 1.29 is 9.13 Å². The molecule has 0 aliphatic carbocycles. The minimum Gasteiger partial charge on any atom is -0.497 e. The first-order chi connectivity index (χ1) is 11.4. The van der Waals surface area contributed by atoms with Crippen LogP contribution in [0, 0.1) is 12.7 Å². The summed E-state index contributed by atoms with van der Waals surface area (Å²) in [5.41, 5.74) is 3.96. The van der Waals surface area contributed by atoms with Crippen molar-refractivity contribution >= 4 is 28.6 Å². The van der Waals surface area contributed by atoms with Gasteiger partial charge in [0.15, 0.2) is 5.69 Å². The Morgan fingerprint density at radius 1 is 1.17 bits per heavy atom. The van der Waals surface area contributed by atoms with Crippen LogP contribution in [0.1, 0.15) is 18.1 Å². The smallest absolute Gasteiger partial charge is 0.185 e. The summed E-state index contributed by atoms with van der Waals surface area (Å²) < 4.78 is 19.7. The Bertz CT molecular complexity index is 855. The number of benzene rings is 2. The Kier molecular flexibility index (Phi) is 4.20. The van der Waals surface area contributed by atoms with E-state index in [4.69, 9.17) is 21.4 Å². The van der Waals surface area contributed by atoms with Gasteiger partial charge >= 0.3 is 0 Å². The van der Waals surface area contributed by atoms with Crippen LogP contribution in [0.15, 0.2) is 47.7 Å². The van der Waals surface area contributed by atoms with E-state index in [0.717, 1.165) is 22.5 Å². The molecule has 0 spiro atoms. The van der Waals surface area contributed by atoms with E-state index in [0.29, 0.717) is 16.3 Å². The maximum Gasteiger partial charge on any atom is 0.185 e. The summed E-state index contributed by atoms with van der Waals surface area (Å²) in [6, 6.07) is 10.6. The monoisotopic (exact) mass is 345 g/mol. The van der Waals surface area contributed by atoms with Gasteiger partial charge in [-0.1, -0.05) is 28.8 Å². The van der Waals surface area contributed by atoms with E-state index in [1.54, 1.807) is 12.1 Å². The van der Waals surface area contributed by atoms with Crippen molar-refractivity contribution in [1.82, 2.24) is 4.59 Å². The van der Waals surface area contributed by atoms with Crippen LogP contribution in [-0.2, 0) is 0 Å². The molecular formula is C19H19ClFN2O+. The molecule has 2 aromatic carbocycles. The Labute approximate surface area is 146 Å². The molecule has 3 rings (SSSR count). The number of allylic oxidation sites excluding steroid dienone is 1. The Morgan fingerprint density at radius 3 is 2.54 bits per heavy atom. The number of nitrogens with zero attached hydrogens (tertiary/aromatic N) is 2. The van der Waals surface area contributed by atoms with Gasteiger partial charge in [0.05, 0.1) is 12.7 Å². The summed E-state index contributed by atoms with van der Waals surface area (Å²) in [6.45, 7) is 3.88. The van der Waals surface area contributed by atoms with E-state index in [2.05, 4.69) is 0 Å². The zero-order chi connectivity index (χ0) is 17.5. The van der Waals surface area contributed by atoms with Gasteiger partial charge in [0, 0.05) is 17.2 Å². The van der Waals surface area contributed by atoms with Crippen molar-refractivity contribution in [3.8, 4) is 5.75 Å². The molecule has 1 aliphatic rings. The van der Waals surface area contributed by atoms with Crippen LogP contribution in [0.4, 0.5) is 10.1 Å². The highest BCUT2D eigenvalue weighted by molar-refractivity contribution is 6.33. The number of ether oxygens (including phenoxy) is 1. The predicted molar refractivity (Wildman–Crippen MR) is 97.9 cm³/mol. The summed E-state index contributed by atoms with van der Waals surface area (Å²) in [5.74, 6) is 0.156. The molecule has 3 nitrogen and oxygen atoms in total. The van der Waals surface area contributed by atoms with Crippen LogP contribution in [-0.4, -0.2) is 19.9 Å². The van der Waals surface area contributed by atoms with E-state index in [1.807, 2.05) is 45.3 Å². The zero-order valence-electron chi connectivity index (χ0n) is 14.1. The predicted octanol–water partition coefficient (Wildman–Crippen LogP) is 5.16. The standard InChI is InChI=1S/C19H19ClFN2O/c1-12-6-5-7-17(20)19(12)23(3)11-16(13(2)22-23)15-9-8-14(24-4)10-18(15)21/h5-11H,1-4H3/q+1. The molecule has 0 saturated carbocycles. The lowest BCUT2D eigenvalue weighted by atomic mass is 10.0. The topological polar surface area (TPSA) is 21.6 Å². The second-order valence-corrected chi connectivity index (χ2v) is 6.41. The van der Waals surface area contributed by atoms with E-state index in [1.165, 1.54) is 13.2 Å². The molecule has 0 bridgehead atoms. The van der Waals surface area contributed by atoms with Gasteiger partial charge < -0.3 is 4.74 Å². The number of rotatable bonds is 3. The van der Waals surface area contributed by atoms with Gasteiger partial charge in [-0.05, 0) is 32.0 Å². The van der Waals surface area contributed by atoms with E-state index < -0.39 is 0 Å². The first-order valence-corrected chi connectivity index (χ1v) is 7.99. The second-order valence-electron chi connectivity index (χ2n) is 6.01. The van der Waals surface area contributed by atoms with Gasteiger partial charge in [-0.2, -0.15) is 0 Å². The van der Waals surface area contributed by atoms with Gasteiger partial charge in [0.25, 0.3) is 0 Å². The SMILES string of the molecule is COc1ccc(C2=C[N+](C)(c3c(C)cccc3Cl)N=C2C)c(F)c1. The normalized spacial score (nSPS) is 19.9. The van der Waals surface area contributed by atoms with Crippen molar-refractivity contribution in [2.75, 3.05) is 14.2 Å². The van der Waals surface area contributed by atoms with E-state index >= 15 is 0 Å². The van der Waals surface area contributed by atoms with Crippen molar-refractivity contribution in [1.29, 1.82) is 0 Å². The Morgan fingerprint density at radius 2 is 1.92 bits per heavy atom. The fraction of sp³-hybridized carbons (Fsp3) is 0.211. The highest BCUT2D eigenvalue weighted by Crippen LogP contribution is 2.40. The molecule has 0 saturated heterocycles. The molecule has 0 N–H and O–H groups in total.